The van der Waals surface area contributed by atoms with Crippen LogP contribution in [0.3, 0.4) is 0 Å². The predicted octanol–water partition coefficient (Wildman–Crippen LogP) is 1.57. The van der Waals surface area contributed by atoms with Crippen LogP contribution in [0.4, 0.5) is 0 Å². The second kappa shape index (κ2) is 12.8. The summed E-state index contributed by atoms with van der Waals surface area (Å²) in [5, 5.41) is 3.95. The van der Waals surface area contributed by atoms with E-state index in [0.29, 0.717) is 19.8 Å². The van der Waals surface area contributed by atoms with Gasteiger partial charge in [-0.2, -0.15) is 0 Å². The average molecular weight is 566 g/mol. The Bertz CT molecular complexity index is 767. The quantitative estimate of drug-likeness (QED) is 0.201. The molecule has 0 spiro atoms. The van der Waals surface area contributed by atoms with Gasteiger partial charge in [-0.25, -0.2) is 0 Å². The Hall–Kier alpha value is -1.08. The van der Waals surface area contributed by atoms with E-state index in [-0.39, 0.29) is 24.0 Å². The topological polar surface area (TPSA) is 27.7 Å². The molecule has 0 aliphatic carbocycles. The minimum absolute atomic E-state index is 0. The molecule has 0 fully saturated rings. The highest BCUT2D eigenvalue weighted by atomic mass is 127. The molecule has 0 saturated heterocycles. The van der Waals surface area contributed by atoms with Gasteiger partial charge in [0, 0.05) is 19.8 Å². The Balaban J connectivity index is 0.00000341. The first-order valence-corrected chi connectivity index (χ1v) is 14.6. The zero-order valence-corrected chi connectivity index (χ0v) is 22.6. The zero-order chi connectivity index (χ0) is 21.3. The van der Waals surface area contributed by atoms with Crippen molar-refractivity contribution in [3.8, 4) is 0 Å². The lowest BCUT2D eigenvalue weighted by atomic mass is 10.4. The van der Waals surface area contributed by atoms with Crippen LogP contribution in [0.2, 0.25) is 0 Å². The molecule has 0 aliphatic rings. The lowest BCUT2D eigenvalue weighted by Crippen LogP contribution is -3.00. The van der Waals surface area contributed by atoms with Gasteiger partial charge in [-0.3, -0.25) is 0 Å². The summed E-state index contributed by atoms with van der Waals surface area (Å²) in [7, 11) is -5.01. The first kappa shape index (κ1) is 26.2. The first-order valence-electron chi connectivity index (χ1n) is 10.7. The van der Waals surface area contributed by atoms with Gasteiger partial charge in [-0.05, 0) is 57.2 Å². The van der Waals surface area contributed by atoms with Crippen molar-refractivity contribution in [1.82, 2.24) is 0 Å². The third-order valence-corrected chi connectivity index (χ3v) is 14.3. The molecule has 31 heavy (non-hydrogen) atoms. The van der Waals surface area contributed by atoms with Crippen LogP contribution in [0.5, 0.6) is 0 Å². The van der Waals surface area contributed by atoms with E-state index < -0.39 is 16.1 Å². The fraction of sp³-hybridized carbons (Fsp3) is 0.280. The molecule has 166 valence electrons. The van der Waals surface area contributed by atoms with E-state index in [0.717, 1.165) is 5.79 Å². The molecule has 3 aromatic carbocycles. The van der Waals surface area contributed by atoms with Crippen LogP contribution in [0, 0.1) is 0 Å². The highest BCUT2D eigenvalue weighted by Gasteiger charge is 2.58. The van der Waals surface area contributed by atoms with Crippen molar-refractivity contribution >= 4 is 32.0 Å². The summed E-state index contributed by atoms with van der Waals surface area (Å²) < 4.78 is 19.1. The third kappa shape index (κ3) is 6.04. The molecule has 0 heterocycles. The molecule has 6 heteroatoms. The van der Waals surface area contributed by atoms with Gasteiger partial charge in [-0.1, -0.05) is 54.6 Å². The van der Waals surface area contributed by atoms with Crippen molar-refractivity contribution in [3.05, 3.63) is 91.0 Å². The molecular weight excluding hydrogens is 534 g/mol. The van der Waals surface area contributed by atoms with Crippen LogP contribution < -0.4 is 39.9 Å². The summed E-state index contributed by atoms with van der Waals surface area (Å²) in [6.45, 7) is 7.79. The molecule has 0 bridgehead atoms. The van der Waals surface area contributed by atoms with Gasteiger partial charge in [-0.15, -0.1) is 0 Å². The fourth-order valence-corrected chi connectivity index (χ4v) is 14.1. The Kier molecular flexibility index (Phi) is 10.8. The van der Waals surface area contributed by atoms with Gasteiger partial charge in [0.25, 0.3) is 0 Å². The van der Waals surface area contributed by atoms with E-state index in [1.165, 1.54) is 15.9 Å². The van der Waals surface area contributed by atoms with Crippen LogP contribution >= 0.6 is 7.26 Å². The van der Waals surface area contributed by atoms with E-state index in [4.69, 9.17) is 13.3 Å². The summed E-state index contributed by atoms with van der Waals surface area (Å²) >= 11 is 0. The number of halogens is 1. The lowest BCUT2D eigenvalue weighted by molar-refractivity contribution is -0.0000168. The van der Waals surface area contributed by atoms with Crippen molar-refractivity contribution in [2.75, 3.05) is 25.6 Å². The normalized spacial score (nSPS) is 11.7. The van der Waals surface area contributed by atoms with Gasteiger partial charge >= 0.3 is 8.80 Å². The summed E-state index contributed by atoms with van der Waals surface area (Å²) in [5.41, 5.74) is 0. The number of benzene rings is 3. The molecule has 0 saturated carbocycles. The van der Waals surface area contributed by atoms with E-state index >= 15 is 0 Å². The largest absolute Gasteiger partial charge is 1.00 e. The molecule has 0 N–H and O–H groups in total. The maximum absolute atomic E-state index is 6.35. The van der Waals surface area contributed by atoms with Crippen LogP contribution in [-0.4, -0.2) is 34.4 Å². The van der Waals surface area contributed by atoms with Gasteiger partial charge in [0.15, 0.2) is 0 Å². The molecule has 0 radical (unpaired) electrons. The van der Waals surface area contributed by atoms with E-state index in [9.17, 15) is 0 Å². The second-order valence-electron chi connectivity index (χ2n) is 6.96. The van der Waals surface area contributed by atoms with Crippen molar-refractivity contribution in [1.29, 1.82) is 0 Å². The summed E-state index contributed by atoms with van der Waals surface area (Å²) in [6.07, 6.45) is 0. The fourth-order valence-electron chi connectivity index (χ4n) is 3.98. The molecule has 3 nitrogen and oxygen atoms in total. The monoisotopic (exact) mass is 566 g/mol. The standard InChI is InChI=1S/C25H32O3PSi.HI/c1-4-26-30(27-5-2,28-6-3)22-29(23-16-10-7-11-17-23,24-18-12-8-13-19-24)25-20-14-9-15-21-25;/h7-21H,4-6,22H2,1-3H3;1H/q+1;/p-1. The molecule has 0 unspecified atom stereocenters. The summed E-state index contributed by atoms with van der Waals surface area (Å²) in [5.74, 6) is 0.744. The number of hydrogen-bond donors (Lipinski definition) is 0. The Labute approximate surface area is 205 Å². The first-order chi connectivity index (χ1) is 14.7. The van der Waals surface area contributed by atoms with Crippen LogP contribution in [0.1, 0.15) is 20.8 Å². The smallest absolute Gasteiger partial charge is 0.541 e. The van der Waals surface area contributed by atoms with Gasteiger partial charge < -0.3 is 37.3 Å². The molecule has 3 rings (SSSR count). The number of rotatable bonds is 11. The lowest BCUT2D eigenvalue weighted by Gasteiger charge is -2.35. The Morgan fingerprint density at radius 2 is 0.839 bits per heavy atom. The van der Waals surface area contributed by atoms with E-state index in [2.05, 4.69) is 91.0 Å². The molecular formula is C25H32IO3PSi. The van der Waals surface area contributed by atoms with Crippen molar-refractivity contribution in [2.45, 2.75) is 20.8 Å². The molecule has 0 aliphatic heterocycles. The summed E-state index contributed by atoms with van der Waals surface area (Å²) in [6, 6.07) is 32.5. The van der Waals surface area contributed by atoms with Crippen molar-refractivity contribution < 1.29 is 37.3 Å². The molecule has 3 aromatic rings. The molecule has 0 atom stereocenters. The third-order valence-electron chi connectivity index (χ3n) is 5.11. The highest BCUT2D eigenvalue weighted by molar-refractivity contribution is 7.97. The number of hydrogen-bond acceptors (Lipinski definition) is 3. The van der Waals surface area contributed by atoms with E-state index in [1.54, 1.807) is 0 Å². The molecule has 0 aromatic heterocycles. The summed E-state index contributed by atoms with van der Waals surface area (Å²) in [4.78, 5) is 0. The maximum atomic E-state index is 6.35. The molecule has 0 amide bonds. The van der Waals surface area contributed by atoms with Crippen LogP contribution in [-0.2, 0) is 13.3 Å². The Morgan fingerprint density at radius 1 is 0.548 bits per heavy atom. The minimum Gasteiger partial charge on any atom is -1.00 e. The van der Waals surface area contributed by atoms with Crippen LogP contribution in [0.15, 0.2) is 91.0 Å². The van der Waals surface area contributed by atoms with Gasteiger partial charge in [0.2, 0.25) is 0 Å². The predicted molar refractivity (Wildman–Crippen MR) is 131 cm³/mol. The van der Waals surface area contributed by atoms with Gasteiger partial charge in [0.05, 0.1) is 0 Å². The Morgan fingerprint density at radius 3 is 1.10 bits per heavy atom. The minimum atomic E-state index is -2.93. The highest BCUT2D eigenvalue weighted by Crippen LogP contribution is 2.57. The van der Waals surface area contributed by atoms with Crippen molar-refractivity contribution in [2.24, 2.45) is 0 Å². The average Bonchev–Trinajstić information content (AvgIpc) is 2.80. The maximum Gasteiger partial charge on any atom is 0.541 e. The van der Waals surface area contributed by atoms with Crippen LogP contribution in [0.25, 0.3) is 0 Å². The zero-order valence-electron chi connectivity index (χ0n) is 18.5. The van der Waals surface area contributed by atoms with Crippen molar-refractivity contribution in [3.63, 3.8) is 0 Å². The van der Waals surface area contributed by atoms with E-state index in [1.807, 2.05) is 20.8 Å². The SMILES string of the molecule is CCO[Si](C[P+](c1ccccc1)(c1ccccc1)c1ccccc1)(OCC)OCC.[I-]. The van der Waals surface area contributed by atoms with Gasteiger partial charge in [0.1, 0.15) is 29.0 Å². The second-order valence-corrected chi connectivity index (χ2v) is 13.6.